The molecule has 1 unspecified atom stereocenters. The van der Waals surface area contributed by atoms with Gasteiger partial charge in [-0.3, -0.25) is 24.3 Å². The number of carbonyl (C=O) groups is 2. The van der Waals surface area contributed by atoms with Crippen LogP contribution in [0.25, 0.3) is 11.1 Å². The zero-order chi connectivity index (χ0) is 22.5. The van der Waals surface area contributed by atoms with Gasteiger partial charge in [0.05, 0.1) is 16.5 Å². The number of nitrogens with one attached hydrogen (secondary N) is 1. The smallest absolute Gasteiger partial charge is 0.419 e. The Balaban J connectivity index is 1.53. The molecule has 3 rings (SSSR count). The van der Waals surface area contributed by atoms with Crippen molar-refractivity contribution in [3.8, 4) is 0 Å². The van der Waals surface area contributed by atoms with Gasteiger partial charge in [-0.05, 0) is 38.0 Å². The number of aryl methyl sites for hydroxylation is 2. The van der Waals surface area contributed by atoms with Crippen molar-refractivity contribution in [2.75, 3.05) is 5.32 Å². The number of aromatic nitrogens is 1. The molecule has 0 saturated carbocycles. The van der Waals surface area contributed by atoms with Crippen LogP contribution in [-0.4, -0.2) is 27.5 Å². The van der Waals surface area contributed by atoms with Crippen molar-refractivity contribution in [2.45, 2.75) is 39.3 Å². The van der Waals surface area contributed by atoms with Crippen LogP contribution < -0.4 is 11.1 Å². The van der Waals surface area contributed by atoms with E-state index in [1.165, 1.54) is 29.7 Å². The molecule has 1 N–H and O–H groups in total. The molecule has 162 valence electrons. The Kier molecular flexibility index (Phi) is 6.49. The van der Waals surface area contributed by atoms with E-state index in [1.54, 1.807) is 12.1 Å². The predicted molar refractivity (Wildman–Crippen MR) is 112 cm³/mol. The molecule has 31 heavy (non-hydrogen) atoms. The van der Waals surface area contributed by atoms with Gasteiger partial charge in [-0.2, -0.15) is 0 Å². The van der Waals surface area contributed by atoms with Crippen molar-refractivity contribution >= 4 is 34.4 Å². The first-order chi connectivity index (χ1) is 14.8. The maximum absolute atomic E-state index is 12.2. The van der Waals surface area contributed by atoms with Gasteiger partial charge < -0.3 is 14.5 Å². The van der Waals surface area contributed by atoms with Crippen LogP contribution in [-0.2, 0) is 20.9 Å². The zero-order valence-electron chi connectivity index (χ0n) is 17.0. The first-order valence-corrected chi connectivity index (χ1v) is 9.60. The molecule has 1 amide bonds. The number of hydrogen-bond donors (Lipinski definition) is 1. The quantitative estimate of drug-likeness (QED) is 0.331. The second-order valence-corrected chi connectivity index (χ2v) is 6.97. The Morgan fingerprint density at radius 1 is 1.26 bits per heavy atom. The Morgan fingerprint density at radius 2 is 2.00 bits per heavy atom. The third-order valence-corrected chi connectivity index (χ3v) is 4.71. The molecule has 10 heteroatoms. The second kappa shape index (κ2) is 9.24. The minimum atomic E-state index is -0.981. The molecule has 3 aromatic rings. The molecule has 0 aliphatic carbocycles. The molecule has 0 aliphatic heterocycles. The van der Waals surface area contributed by atoms with E-state index in [2.05, 4.69) is 5.32 Å². The minimum Gasteiger partial charge on any atom is -0.453 e. The summed E-state index contributed by atoms with van der Waals surface area (Å²) in [7, 11) is 0. The number of rotatable bonds is 8. The second-order valence-electron chi connectivity index (χ2n) is 6.97. The van der Waals surface area contributed by atoms with Crippen LogP contribution in [0.3, 0.4) is 0 Å². The first-order valence-electron chi connectivity index (χ1n) is 9.60. The highest BCUT2D eigenvalue weighted by molar-refractivity contribution is 5.95. The zero-order valence-corrected chi connectivity index (χ0v) is 17.0. The standard InChI is InChI=1S/C21H21N3O7/c1-13-6-3-4-7-16(13)22-20(26)14(2)30-19(25)8-5-11-23-17-10-9-15(24(28)29)12-18(17)31-21(23)27/h3-4,6-7,9-10,12,14H,5,8,11H2,1-2H3,(H,22,26). The molecule has 0 spiro atoms. The van der Waals surface area contributed by atoms with Crippen LogP contribution in [0.4, 0.5) is 11.4 Å². The summed E-state index contributed by atoms with van der Waals surface area (Å²) in [5, 5.41) is 13.5. The average molecular weight is 427 g/mol. The van der Waals surface area contributed by atoms with E-state index in [0.717, 1.165) is 5.56 Å². The van der Waals surface area contributed by atoms with Crippen LogP contribution in [0.1, 0.15) is 25.3 Å². The van der Waals surface area contributed by atoms with Crippen molar-refractivity contribution < 1.29 is 23.7 Å². The molecule has 1 heterocycles. The largest absolute Gasteiger partial charge is 0.453 e. The lowest BCUT2D eigenvalue weighted by Crippen LogP contribution is -2.30. The maximum atomic E-state index is 12.2. The molecule has 0 aliphatic rings. The first kappa shape index (κ1) is 21.8. The molecule has 10 nitrogen and oxygen atoms in total. The molecule has 1 aromatic heterocycles. The van der Waals surface area contributed by atoms with E-state index < -0.39 is 28.7 Å². The van der Waals surface area contributed by atoms with Crippen LogP contribution in [0.5, 0.6) is 0 Å². The topological polar surface area (TPSA) is 134 Å². The number of ether oxygens (including phenoxy) is 1. The van der Waals surface area contributed by atoms with Gasteiger partial charge in [0.25, 0.3) is 11.6 Å². The fraction of sp³-hybridized carbons (Fsp3) is 0.286. The molecule has 0 radical (unpaired) electrons. The van der Waals surface area contributed by atoms with E-state index in [1.807, 2.05) is 19.1 Å². The lowest BCUT2D eigenvalue weighted by Gasteiger charge is -2.14. The van der Waals surface area contributed by atoms with Gasteiger partial charge in [0, 0.05) is 24.7 Å². The van der Waals surface area contributed by atoms with Gasteiger partial charge in [0.1, 0.15) is 0 Å². The fourth-order valence-corrected chi connectivity index (χ4v) is 3.02. The number of nitro groups is 1. The number of esters is 1. The third-order valence-electron chi connectivity index (χ3n) is 4.71. The van der Waals surface area contributed by atoms with Crippen LogP contribution in [0.2, 0.25) is 0 Å². The summed E-state index contributed by atoms with van der Waals surface area (Å²) < 4.78 is 11.5. The summed E-state index contributed by atoms with van der Waals surface area (Å²) in [6, 6.07) is 11.1. The van der Waals surface area contributed by atoms with Crippen molar-refractivity contribution in [1.29, 1.82) is 0 Å². The average Bonchev–Trinajstić information content (AvgIpc) is 3.04. The van der Waals surface area contributed by atoms with Crippen LogP contribution in [0.15, 0.2) is 51.7 Å². The van der Waals surface area contributed by atoms with E-state index in [0.29, 0.717) is 11.2 Å². The lowest BCUT2D eigenvalue weighted by atomic mass is 10.2. The Morgan fingerprint density at radius 3 is 2.71 bits per heavy atom. The summed E-state index contributed by atoms with van der Waals surface area (Å²) in [5.41, 5.74) is 1.84. The van der Waals surface area contributed by atoms with Gasteiger partial charge in [-0.1, -0.05) is 18.2 Å². The van der Waals surface area contributed by atoms with Gasteiger partial charge >= 0.3 is 11.7 Å². The highest BCUT2D eigenvalue weighted by Gasteiger charge is 2.19. The van der Waals surface area contributed by atoms with Crippen molar-refractivity contribution in [3.63, 3.8) is 0 Å². The van der Waals surface area contributed by atoms with Crippen molar-refractivity contribution in [2.24, 2.45) is 0 Å². The minimum absolute atomic E-state index is 0.0198. The van der Waals surface area contributed by atoms with E-state index >= 15 is 0 Å². The number of amides is 1. The number of fused-ring (bicyclic) bond motifs is 1. The third kappa shape index (κ3) is 5.16. The van der Waals surface area contributed by atoms with Gasteiger partial charge in [0.2, 0.25) is 0 Å². The highest BCUT2D eigenvalue weighted by Crippen LogP contribution is 2.20. The normalized spacial score (nSPS) is 11.8. The van der Waals surface area contributed by atoms with Gasteiger partial charge in [-0.25, -0.2) is 4.79 Å². The SMILES string of the molecule is Cc1ccccc1NC(=O)C(C)OC(=O)CCCn1c(=O)oc2cc([N+](=O)[O-])ccc21. The van der Waals surface area contributed by atoms with Gasteiger partial charge in [-0.15, -0.1) is 0 Å². The van der Waals surface area contributed by atoms with Crippen molar-refractivity contribution in [3.05, 3.63) is 68.7 Å². The Bertz CT molecular complexity index is 1200. The predicted octanol–water partition coefficient (Wildman–Crippen LogP) is 3.16. The fourth-order valence-electron chi connectivity index (χ4n) is 3.02. The molecule has 0 saturated heterocycles. The van der Waals surface area contributed by atoms with Crippen LogP contribution >= 0.6 is 0 Å². The summed E-state index contributed by atoms with van der Waals surface area (Å²) in [6.45, 7) is 3.49. The number of benzene rings is 2. The summed E-state index contributed by atoms with van der Waals surface area (Å²) >= 11 is 0. The molecule has 1 atom stereocenters. The van der Waals surface area contributed by atoms with Crippen LogP contribution in [0, 0.1) is 17.0 Å². The highest BCUT2D eigenvalue weighted by atomic mass is 16.6. The number of hydrogen-bond acceptors (Lipinski definition) is 7. The summed E-state index contributed by atoms with van der Waals surface area (Å²) in [5.74, 6) is -1.69. The number of carbonyl (C=O) groups excluding carboxylic acids is 2. The molecular formula is C21H21N3O7. The van der Waals surface area contributed by atoms with E-state index in [-0.39, 0.29) is 30.7 Å². The number of nitrogens with zero attached hydrogens (tertiary/aromatic N) is 2. The number of nitro benzene ring substituents is 1. The number of anilines is 1. The molecule has 0 fully saturated rings. The Hall–Kier alpha value is -3.95. The van der Waals surface area contributed by atoms with Crippen molar-refractivity contribution in [1.82, 2.24) is 4.57 Å². The summed E-state index contributed by atoms with van der Waals surface area (Å²) in [6.07, 6.45) is -0.741. The monoisotopic (exact) mass is 427 g/mol. The lowest BCUT2D eigenvalue weighted by molar-refractivity contribution is -0.384. The molecule has 0 bridgehead atoms. The number of para-hydroxylation sites is 1. The van der Waals surface area contributed by atoms with E-state index in [4.69, 9.17) is 9.15 Å². The maximum Gasteiger partial charge on any atom is 0.419 e. The Labute approximate surface area is 176 Å². The number of non-ortho nitro benzene ring substituents is 1. The molecule has 2 aromatic carbocycles. The molecular weight excluding hydrogens is 406 g/mol. The summed E-state index contributed by atoms with van der Waals surface area (Å²) in [4.78, 5) is 46.6. The van der Waals surface area contributed by atoms with Gasteiger partial charge in [0.15, 0.2) is 11.7 Å². The van der Waals surface area contributed by atoms with E-state index in [9.17, 15) is 24.5 Å². The number of oxazole rings is 1.